The summed E-state index contributed by atoms with van der Waals surface area (Å²) in [4.78, 5) is 17.3. The van der Waals surface area contributed by atoms with Crippen LogP contribution in [0.2, 0.25) is 0 Å². The van der Waals surface area contributed by atoms with Gasteiger partial charge in [-0.1, -0.05) is 65.3 Å². The molecule has 0 spiro atoms. The molecule has 0 bridgehead atoms. The van der Waals surface area contributed by atoms with Crippen LogP contribution in [0.25, 0.3) is 16.9 Å². The van der Waals surface area contributed by atoms with Crippen molar-refractivity contribution in [2.45, 2.75) is 32.7 Å². The number of amides is 1. The molecule has 5 heteroatoms. The van der Waals surface area contributed by atoms with Crippen molar-refractivity contribution in [3.05, 3.63) is 94.2 Å². The maximum atomic E-state index is 12.5. The molecule has 0 radical (unpaired) electrons. The lowest BCUT2D eigenvalue weighted by Crippen LogP contribution is -2.23. The van der Waals surface area contributed by atoms with Crippen molar-refractivity contribution in [3.8, 4) is 11.3 Å². The van der Waals surface area contributed by atoms with Crippen molar-refractivity contribution < 1.29 is 4.79 Å². The van der Waals surface area contributed by atoms with Crippen molar-refractivity contribution in [2.24, 2.45) is 0 Å². The van der Waals surface area contributed by atoms with Crippen LogP contribution in [0.15, 0.2) is 77.4 Å². The van der Waals surface area contributed by atoms with Crippen LogP contribution in [-0.2, 0) is 24.2 Å². The second-order valence-electron chi connectivity index (χ2n) is 7.29. The number of nitrogens with one attached hydrogen (secondary N) is 1. The molecule has 4 nitrogen and oxygen atoms in total. The second kappa shape index (κ2) is 9.26. The van der Waals surface area contributed by atoms with Crippen LogP contribution in [0.5, 0.6) is 0 Å². The number of pyridine rings is 1. The first-order chi connectivity index (χ1) is 14.6. The van der Waals surface area contributed by atoms with Gasteiger partial charge in [0.1, 0.15) is 5.65 Å². The quantitative estimate of drug-likeness (QED) is 0.390. The highest BCUT2D eigenvalue weighted by atomic mass is 79.9. The fourth-order valence-corrected chi connectivity index (χ4v) is 3.80. The number of rotatable bonds is 7. The number of fused-ring (bicyclic) bond motifs is 1. The number of nitrogens with zero attached hydrogens (tertiary/aromatic N) is 2. The van der Waals surface area contributed by atoms with Gasteiger partial charge in [-0.25, -0.2) is 4.98 Å². The lowest BCUT2D eigenvalue weighted by atomic mass is 10.1. The maximum Gasteiger partial charge on any atom is 0.220 e. The minimum absolute atomic E-state index is 0.0437. The van der Waals surface area contributed by atoms with Crippen LogP contribution in [0.3, 0.4) is 0 Å². The predicted molar refractivity (Wildman–Crippen MR) is 124 cm³/mol. The fourth-order valence-electron chi connectivity index (χ4n) is 3.54. The van der Waals surface area contributed by atoms with Gasteiger partial charge in [0.05, 0.1) is 11.4 Å². The van der Waals surface area contributed by atoms with Crippen molar-refractivity contribution in [2.75, 3.05) is 0 Å². The van der Waals surface area contributed by atoms with E-state index in [0.29, 0.717) is 19.4 Å². The Balaban J connectivity index is 1.48. The lowest BCUT2D eigenvalue weighted by Gasteiger charge is -2.08. The van der Waals surface area contributed by atoms with Crippen LogP contribution >= 0.6 is 15.9 Å². The number of hydrogen-bond donors (Lipinski definition) is 1. The van der Waals surface area contributed by atoms with E-state index in [1.165, 1.54) is 5.56 Å². The summed E-state index contributed by atoms with van der Waals surface area (Å²) in [6.07, 6.45) is 4.07. The third-order valence-electron chi connectivity index (χ3n) is 5.26. The van der Waals surface area contributed by atoms with E-state index < -0.39 is 0 Å². The lowest BCUT2D eigenvalue weighted by molar-refractivity contribution is -0.121. The molecule has 0 atom stereocenters. The molecule has 1 amide bonds. The molecule has 0 saturated heterocycles. The molecule has 0 aliphatic carbocycles. The molecule has 4 rings (SSSR count). The standard InChI is InChI=1S/C25H24BrN3O/c1-2-18-6-8-19(9-7-18)17-27-24(30)15-14-22-25(20-10-12-21(26)13-11-20)28-23-5-3-4-16-29(22)23/h3-13,16H,2,14-15,17H2,1H3,(H,27,30). The van der Waals surface area contributed by atoms with Gasteiger partial charge in [-0.05, 0) is 48.2 Å². The monoisotopic (exact) mass is 461 g/mol. The van der Waals surface area contributed by atoms with Crippen molar-refractivity contribution in [3.63, 3.8) is 0 Å². The first-order valence-corrected chi connectivity index (χ1v) is 11.0. The topological polar surface area (TPSA) is 46.4 Å². The molecule has 0 saturated carbocycles. The number of aryl methyl sites for hydroxylation is 2. The number of carbonyl (C=O) groups excluding carboxylic acids is 1. The van der Waals surface area contributed by atoms with Gasteiger partial charge in [0.15, 0.2) is 0 Å². The number of benzene rings is 2. The van der Waals surface area contributed by atoms with E-state index in [1.54, 1.807) is 0 Å². The van der Waals surface area contributed by atoms with E-state index in [-0.39, 0.29) is 5.91 Å². The Morgan fingerprint density at radius 2 is 1.73 bits per heavy atom. The summed E-state index contributed by atoms with van der Waals surface area (Å²) in [6.45, 7) is 2.69. The van der Waals surface area contributed by atoms with E-state index in [4.69, 9.17) is 4.98 Å². The van der Waals surface area contributed by atoms with Gasteiger partial charge in [0, 0.05) is 29.2 Å². The van der Waals surface area contributed by atoms with E-state index in [1.807, 2.05) is 36.5 Å². The number of aromatic nitrogens is 2. The molecule has 2 aromatic carbocycles. The Kier molecular flexibility index (Phi) is 6.29. The van der Waals surface area contributed by atoms with E-state index >= 15 is 0 Å². The van der Waals surface area contributed by atoms with Gasteiger partial charge in [-0.2, -0.15) is 0 Å². The fraction of sp³-hybridized carbons (Fsp3) is 0.200. The zero-order valence-corrected chi connectivity index (χ0v) is 18.5. The summed E-state index contributed by atoms with van der Waals surface area (Å²) in [5.74, 6) is 0.0437. The smallest absolute Gasteiger partial charge is 0.220 e. The molecule has 2 aromatic heterocycles. The molecule has 2 heterocycles. The molecule has 4 aromatic rings. The van der Waals surface area contributed by atoms with Crippen molar-refractivity contribution >= 4 is 27.5 Å². The number of hydrogen-bond acceptors (Lipinski definition) is 2. The van der Waals surface area contributed by atoms with Gasteiger partial charge in [-0.15, -0.1) is 0 Å². The summed E-state index contributed by atoms with van der Waals surface area (Å²) < 4.78 is 3.11. The Bertz CT molecular complexity index is 1150. The van der Waals surface area contributed by atoms with Gasteiger partial charge >= 0.3 is 0 Å². The molecule has 0 aliphatic rings. The zero-order chi connectivity index (χ0) is 20.9. The maximum absolute atomic E-state index is 12.5. The first kappa shape index (κ1) is 20.4. The number of imidazole rings is 1. The van der Waals surface area contributed by atoms with Crippen LogP contribution in [0.1, 0.15) is 30.2 Å². The molecule has 0 fully saturated rings. The first-order valence-electron chi connectivity index (χ1n) is 10.2. The van der Waals surface area contributed by atoms with Gasteiger partial charge < -0.3 is 9.72 Å². The molecule has 152 valence electrons. The Morgan fingerprint density at radius 3 is 2.47 bits per heavy atom. The Hall–Kier alpha value is -2.92. The van der Waals surface area contributed by atoms with Gasteiger partial charge in [-0.3, -0.25) is 4.79 Å². The summed E-state index contributed by atoms with van der Waals surface area (Å²) >= 11 is 3.49. The second-order valence-corrected chi connectivity index (χ2v) is 8.21. The van der Waals surface area contributed by atoms with E-state index in [0.717, 1.165) is 39.1 Å². The van der Waals surface area contributed by atoms with Crippen LogP contribution in [-0.4, -0.2) is 15.3 Å². The van der Waals surface area contributed by atoms with Crippen LogP contribution in [0, 0.1) is 0 Å². The average molecular weight is 462 g/mol. The summed E-state index contributed by atoms with van der Waals surface area (Å²) in [7, 11) is 0. The molecular weight excluding hydrogens is 438 g/mol. The molecule has 1 N–H and O–H groups in total. The van der Waals surface area contributed by atoms with E-state index in [2.05, 4.69) is 69.0 Å². The highest BCUT2D eigenvalue weighted by Crippen LogP contribution is 2.27. The third-order valence-corrected chi connectivity index (χ3v) is 5.78. The summed E-state index contributed by atoms with van der Waals surface area (Å²) in [5.41, 5.74) is 6.34. The van der Waals surface area contributed by atoms with Crippen LogP contribution < -0.4 is 5.32 Å². The highest BCUT2D eigenvalue weighted by molar-refractivity contribution is 9.10. The summed E-state index contributed by atoms with van der Waals surface area (Å²) in [6, 6.07) is 22.5. The predicted octanol–water partition coefficient (Wildman–Crippen LogP) is 5.58. The minimum Gasteiger partial charge on any atom is -0.352 e. The van der Waals surface area contributed by atoms with Crippen molar-refractivity contribution in [1.82, 2.24) is 14.7 Å². The zero-order valence-electron chi connectivity index (χ0n) is 16.9. The van der Waals surface area contributed by atoms with E-state index in [9.17, 15) is 4.79 Å². The normalized spacial score (nSPS) is 11.0. The minimum atomic E-state index is 0.0437. The number of halogens is 1. The Labute approximate surface area is 185 Å². The molecule has 30 heavy (non-hydrogen) atoms. The Morgan fingerprint density at radius 1 is 1.00 bits per heavy atom. The van der Waals surface area contributed by atoms with Crippen molar-refractivity contribution in [1.29, 1.82) is 0 Å². The molecule has 0 aliphatic heterocycles. The number of carbonyl (C=O) groups is 1. The SMILES string of the molecule is CCc1ccc(CNC(=O)CCc2c(-c3ccc(Br)cc3)nc3ccccn23)cc1. The highest BCUT2D eigenvalue weighted by Gasteiger charge is 2.15. The summed E-state index contributed by atoms with van der Waals surface area (Å²) in [5, 5.41) is 3.04. The average Bonchev–Trinajstić information content (AvgIpc) is 3.15. The molecular formula is C25H24BrN3O. The molecule has 0 unspecified atom stereocenters. The largest absolute Gasteiger partial charge is 0.352 e. The van der Waals surface area contributed by atoms with Gasteiger partial charge in [0.2, 0.25) is 5.91 Å². The van der Waals surface area contributed by atoms with Gasteiger partial charge in [0.25, 0.3) is 0 Å². The third kappa shape index (κ3) is 4.62. The van der Waals surface area contributed by atoms with Crippen LogP contribution in [0.4, 0.5) is 0 Å².